The number of benzene rings is 2. The highest BCUT2D eigenvalue weighted by molar-refractivity contribution is 5.96. The van der Waals surface area contributed by atoms with Gasteiger partial charge in [-0.1, -0.05) is 42.5 Å². The number of carbonyl (C=O) groups excluding carboxylic acids is 1. The number of hydrogen-bond acceptors (Lipinski definition) is 1. The van der Waals surface area contributed by atoms with Crippen molar-refractivity contribution in [3.63, 3.8) is 0 Å². The average Bonchev–Trinajstić information content (AvgIpc) is 2.77. The number of primary amides is 1. The van der Waals surface area contributed by atoms with Crippen molar-refractivity contribution in [3.05, 3.63) is 53.1 Å². The van der Waals surface area contributed by atoms with Crippen LogP contribution in [0.2, 0.25) is 0 Å². The second kappa shape index (κ2) is 4.30. The van der Waals surface area contributed by atoms with Crippen LogP contribution in [0.3, 0.4) is 0 Å². The molecule has 0 saturated heterocycles. The van der Waals surface area contributed by atoms with Crippen molar-refractivity contribution < 1.29 is 4.79 Å². The first-order valence-corrected chi connectivity index (χ1v) is 6.24. The Morgan fingerprint density at radius 3 is 2.72 bits per heavy atom. The molecule has 0 aliphatic heterocycles. The zero-order chi connectivity index (χ0) is 12.5. The normalized spacial score (nSPS) is 13.6. The first kappa shape index (κ1) is 11.0. The van der Waals surface area contributed by atoms with Crippen LogP contribution in [0.1, 0.15) is 23.1 Å². The van der Waals surface area contributed by atoms with Crippen molar-refractivity contribution in [1.29, 1.82) is 0 Å². The summed E-state index contributed by atoms with van der Waals surface area (Å²) in [7, 11) is 0. The lowest BCUT2D eigenvalue weighted by molar-refractivity contribution is -0.117. The molecule has 2 heteroatoms. The molecular formula is C16H15NO. The van der Waals surface area contributed by atoms with Crippen molar-refractivity contribution in [3.8, 4) is 0 Å². The third kappa shape index (κ3) is 1.80. The van der Waals surface area contributed by atoms with Gasteiger partial charge in [-0.3, -0.25) is 4.79 Å². The Bertz CT molecular complexity index is 645. The average molecular weight is 237 g/mol. The van der Waals surface area contributed by atoms with Gasteiger partial charge in [0.25, 0.3) is 0 Å². The molecule has 2 N–H and O–H groups in total. The molecule has 90 valence electrons. The van der Waals surface area contributed by atoms with Crippen LogP contribution in [-0.2, 0) is 17.6 Å². The Kier molecular flexibility index (Phi) is 2.63. The summed E-state index contributed by atoms with van der Waals surface area (Å²) in [5.74, 6) is -0.294. The number of carbonyl (C=O) groups is 1. The molecule has 3 rings (SSSR count). The van der Waals surface area contributed by atoms with Gasteiger partial charge >= 0.3 is 0 Å². The van der Waals surface area contributed by atoms with E-state index in [4.69, 9.17) is 5.73 Å². The molecule has 0 spiro atoms. The van der Waals surface area contributed by atoms with Crippen LogP contribution in [0.15, 0.2) is 36.4 Å². The van der Waals surface area contributed by atoms with E-state index < -0.39 is 0 Å². The van der Waals surface area contributed by atoms with Crippen LogP contribution in [-0.4, -0.2) is 5.91 Å². The lowest BCUT2D eigenvalue weighted by Crippen LogP contribution is -2.07. The highest BCUT2D eigenvalue weighted by Gasteiger charge is 2.14. The van der Waals surface area contributed by atoms with Crippen molar-refractivity contribution >= 4 is 22.8 Å². The fraction of sp³-hybridized carbons (Fsp3) is 0.188. The number of hydrogen-bond donors (Lipinski definition) is 1. The molecule has 0 fully saturated rings. The van der Waals surface area contributed by atoms with Crippen molar-refractivity contribution in [2.45, 2.75) is 19.3 Å². The smallest absolute Gasteiger partial charge is 0.221 e. The van der Waals surface area contributed by atoms with E-state index in [0.29, 0.717) is 6.42 Å². The fourth-order valence-corrected chi connectivity index (χ4v) is 2.72. The molecule has 2 nitrogen and oxygen atoms in total. The summed E-state index contributed by atoms with van der Waals surface area (Å²) >= 11 is 0. The molecule has 18 heavy (non-hydrogen) atoms. The maximum absolute atomic E-state index is 10.7. The van der Waals surface area contributed by atoms with Gasteiger partial charge in [-0.2, -0.15) is 0 Å². The largest absolute Gasteiger partial charge is 0.369 e. The lowest BCUT2D eigenvalue weighted by Gasteiger charge is -2.05. The molecule has 0 saturated carbocycles. The van der Waals surface area contributed by atoms with Gasteiger partial charge in [0.2, 0.25) is 5.91 Å². The van der Waals surface area contributed by atoms with Crippen LogP contribution in [0.4, 0.5) is 0 Å². The van der Waals surface area contributed by atoms with Gasteiger partial charge in [-0.05, 0) is 40.3 Å². The fourth-order valence-electron chi connectivity index (χ4n) is 2.72. The second-order valence-electron chi connectivity index (χ2n) is 4.73. The van der Waals surface area contributed by atoms with Crippen LogP contribution < -0.4 is 5.73 Å². The van der Waals surface area contributed by atoms with E-state index in [1.165, 1.54) is 27.5 Å². The molecule has 1 amide bonds. The zero-order valence-electron chi connectivity index (χ0n) is 10.1. The van der Waals surface area contributed by atoms with Gasteiger partial charge in [0, 0.05) is 6.42 Å². The molecular weight excluding hydrogens is 222 g/mol. The molecule has 0 atom stereocenters. The van der Waals surface area contributed by atoms with E-state index in [2.05, 4.69) is 30.3 Å². The summed E-state index contributed by atoms with van der Waals surface area (Å²) < 4.78 is 0. The Morgan fingerprint density at radius 1 is 1.17 bits per heavy atom. The van der Waals surface area contributed by atoms with Crippen molar-refractivity contribution in [2.24, 2.45) is 5.73 Å². The minimum atomic E-state index is -0.294. The third-order valence-electron chi connectivity index (χ3n) is 3.53. The molecule has 2 aromatic rings. The molecule has 0 aromatic heterocycles. The minimum Gasteiger partial charge on any atom is -0.369 e. The Morgan fingerprint density at radius 2 is 1.94 bits per heavy atom. The van der Waals surface area contributed by atoms with E-state index in [1.54, 1.807) is 0 Å². The first-order chi connectivity index (χ1) is 8.75. The highest BCUT2D eigenvalue weighted by atomic mass is 16.1. The number of aryl methyl sites for hydroxylation is 2. The summed E-state index contributed by atoms with van der Waals surface area (Å²) in [4.78, 5) is 10.7. The van der Waals surface area contributed by atoms with Gasteiger partial charge in [0.15, 0.2) is 0 Å². The van der Waals surface area contributed by atoms with Gasteiger partial charge in [0.05, 0.1) is 0 Å². The minimum absolute atomic E-state index is 0.294. The predicted octanol–water partition coefficient (Wildman–Crippen LogP) is 2.83. The predicted molar refractivity (Wildman–Crippen MR) is 74.2 cm³/mol. The van der Waals surface area contributed by atoms with Crippen molar-refractivity contribution in [1.82, 2.24) is 0 Å². The topological polar surface area (TPSA) is 43.1 Å². The molecule has 2 aromatic carbocycles. The summed E-state index contributed by atoms with van der Waals surface area (Å²) in [5.41, 5.74) is 9.18. The Labute approximate surface area is 106 Å². The second-order valence-corrected chi connectivity index (χ2v) is 4.73. The molecule has 1 aliphatic carbocycles. The summed E-state index contributed by atoms with van der Waals surface area (Å²) in [6, 6.07) is 10.8. The van der Waals surface area contributed by atoms with Gasteiger partial charge in [-0.25, -0.2) is 0 Å². The Hall–Kier alpha value is -2.09. The molecule has 1 aliphatic rings. The van der Waals surface area contributed by atoms with Gasteiger partial charge in [-0.15, -0.1) is 0 Å². The summed E-state index contributed by atoms with van der Waals surface area (Å²) in [6.07, 6.45) is 6.40. The monoisotopic (exact) mass is 237 g/mol. The SMILES string of the molecule is NC(=O)CC=Cc1ccc2c3c(cccc13)CC2. The number of rotatable bonds is 3. The number of nitrogens with two attached hydrogens (primary N) is 1. The molecule has 0 unspecified atom stereocenters. The standard InChI is InChI=1S/C16H15NO/c17-15(18)6-2-3-11-7-8-13-10-9-12-4-1-5-14(11)16(12)13/h1-5,7-8H,6,9-10H2,(H2,17,18). The zero-order valence-corrected chi connectivity index (χ0v) is 10.1. The van der Waals surface area contributed by atoms with Crippen LogP contribution in [0.5, 0.6) is 0 Å². The van der Waals surface area contributed by atoms with E-state index in [0.717, 1.165) is 12.8 Å². The molecule has 0 heterocycles. The lowest BCUT2D eigenvalue weighted by atomic mass is 9.99. The maximum Gasteiger partial charge on any atom is 0.221 e. The van der Waals surface area contributed by atoms with E-state index in [9.17, 15) is 4.79 Å². The van der Waals surface area contributed by atoms with Crippen molar-refractivity contribution in [2.75, 3.05) is 0 Å². The van der Waals surface area contributed by atoms with E-state index in [-0.39, 0.29) is 5.91 Å². The maximum atomic E-state index is 10.7. The Balaban J connectivity index is 2.09. The van der Waals surface area contributed by atoms with Crippen LogP contribution >= 0.6 is 0 Å². The first-order valence-electron chi connectivity index (χ1n) is 6.24. The number of amides is 1. The summed E-state index contributed by atoms with van der Waals surface area (Å²) in [5, 5.41) is 2.68. The highest BCUT2D eigenvalue weighted by Crippen LogP contribution is 2.33. The molecule has 0 bridgehead atoms. The van der Waals surface area contributed by atoms with Gasteiger partial charge in [0.1, 0.15) is 0 Å². The van der Waals surface area contributed by atoms with Crippen LogP contribution in [0.25, 0.3) is 16.8 Å². The third-order valence-corrected chi connectivity index (χ3v) is 3.53. The summed E-state index contributed by atoms with van der Waals surface area (Å²) in [6.45, 7) is 0. The van der Waals surface area contributed by atoms with Gasteiger partial charge < -0.3 is 5.73 Å². The molecule has 0 radical (unpaired) electrons. The van der Waals surface area contributed by atoms with Crippen LogP contribution in [0, 0.1) is 0 Å². The van der Waals surface area contributed by atoms with E-state index in [1.807, 2.05) is 12.2 Å². The van der Waals surface area contributed by atoms with E-state index >= 15 is 0 Å². The quantitative estimate of drug-likeness (QED) is 0.876.